The third-order valence-corrected chi connectivity index (χ3v) is 4.59. The lowest BCUT2D eigenvalue weighted by Crippen LogP contribution is -2.33. The molecule has 3 aromatic rings. The SMILES string of the molecule is COc1ccc(CC(OC(=O)NCc2ccc(N(C)C)cc2)Oc2cccnc2)cc1. The number of anilines is 1. The maximum atomic E-state index is 12.4. The Hall–Kier alpha value is -3.74. The van der Waals surface area contributed by atoms with Gasteiger partial charge in [0.05, 0.1) is 13.3 Å². The summed E-state index contributed by atoms with van der Waals surface area (Å²) >= 11 is 0. The molecule has 3 rings (SSSR count). The molecule has 0 aliphatic rings. The van der Waals surface area contributed by atoms with Crippen molar-refractivity contribution in [3.8, 4) is 11.5 Å². The van der Waals surface area contributed by atoms with Crippen molar-refractivity contribution in [3.05, 3.63) is 84.2 Å². The Balaban J connectivity index is 1.61. The largest absolute Gasteiger partial charge is 0.497 e. The summed E-state index contributed by atoms with van der Waals surface area (Å²) in [7, 11) is 5.58. The van der Waals surface area contributed by atoms with Gasteiger partial charge in [-0.1, -0.05) is 24.3 Å². The third kappa shape index (κ3) is 6.92. The van der Waals surface area contributed by atoms with Gasteiger partial charge in [0.2, 0.25) is 6.29 Å². The molecule has 1 atom stereocenters. The molecule has 31 heavy (non-hydrogen) atoms. The molecule has 7 heteroatoms. The van der Waals surface area contributed by atoms with Crippen LogP contribution in [0.2, 0.25) is 0 Å². The summed E-state index contributed by atoms with van der Waals surface area (Å²) in [5.74, 6) is 1.28. The number of ether oxygens (including phenoxy) is 3. The van der Waals surface area contributed by atoms with Crippen molar-refractivity contribution in [2.24, 2.45) is 0 Å². The molecule has 1 heterocycles. The average molecular weight is 421 g/mol. The van der Waals surface area contributed by atoms with E-state index in [1.165, 1.54) is 0 Å². The smallest absolute Gasteiger partial charge is 0.410 e. The zero-order chi connectivity index (χ0) is 22.1. The highest BCUT2D eigenvalue weighted by atomic mass is 16.7. The zero-order valence-electron chi connectivity index (χ0n) is 17.9. The molecule has 7 nitrogen and oxygen atoms in total. The van der Waals surface area contributed by atoms with Gasteiger partial charge in [0.25, 0.3) is 0 Å². The first-order valence-electron chi connectivity index (χ1n) is 9.94. The van der Waals surface area contributed by atoms with Crippen LogP contribution in [0.4, 0.5) is 10.5 Å². The molecule has 1 unspecified atom stereocenters. The van der Waals surface area contributed by atoms with Crippen molar-refractivity contribution in [1.29, 1.82) is 0 Å². The number of hydrogen-bond acceptors (Lipinski definition) is 6. The van der Waals surface area contributed by atoms with Crippen LogP contribution < -0.4 is 19.7 Å². The van der Waals surface area contributed by atoms with Crippen LogP contribution in [0.15, 0.2) is 73.1 Å². The average Bonchev–Trinajstić information content (AvgIpc) is 2.79. The normalized spacial score (nSPS) is 11.3. The maximum absolute atomic E-state index is 12.4. The lowest BCUT2D eigenvalue weighted by molar-refractivity contribution is -0.0315. The van der Waals surface area contributed by atoms with E-state index in [1.807, 2.05) is 67.5 Å². The fourth-order valence-corrected chi connectivity index (χ4v) is 2.88. The van der Waals surface area contributed by atoms with Crippen molar-refractivity contribution in [3.63, 3.8) is 0 Å². The molecular formula is C24H27N3O4. The van der Waals surface area contributed by atoms with E-state index in [2.05, 4.69) is 10.3 Å². The molecule has 1 N–H and O–H groups in total. The third-order valence-electron chi connectivity index (χ3n) is 4.59. The summed E-state index contributed by atoms with van der Waals surface area (Å²) in [4.78, 5) is 18.5. The predicted octanol–water partition coefficient (Wildman–Crippen LogP) is 4.03. The van der Waals surface area contributed by atoms with Crippen molar-refractivity contribution < 1.29 is 19.0 Å². The molecule has 0 radical (unpaired) electrons. The Morgan fingerprint density at radius 2 is 1.71 bits per heavy atom. The molecular weight excluding hydrogens is 394 g/mol. The molecule has 1 aromatic heterocycles. The molecule has 0 spiro atoms. The summed E-state index contributed by atoms with van der Waals surface area (Å²) in [5, 5.41) is 2.78. The van der Waals surface area contributed by atoms with Gasteiger partial charge in [0.15, 0.2) is 0 Å². The van der Waals surface area contributed by atoms with Gasteiger partial charge in [0, 0.05) is 38.9 Å². The van der Waals surface area contributed by atoms with E-state index in [4.69, 9.17) is 14.2 Å². The number of nitrogens with one attached hydrogen (secondary N) is 1. The summed E-state index contributed by atoms with van der Waals surface area (Å²) < 4.78 is 16.6. The lowest BCUT2D eigenvalue weighted by atomic mass is 10.1. The van der Waals surface area contributed by atoms with E-state index < -0.39 is 12.4 Å². The first-order valence-corrected chi connectivity index (χ1v) is 9.94. The van der Waals surface area contributed by atoms with Gasteiger partial charge in [-0.2, -0.15) is 0 Å². The van der Waals surface area contributed by atoms with Crippen molar-refractivity contribution in [2.45, 2.75) is 19.3 Å². The number of benzene rings is 2. The van der Waals surface area contributed by atoms with E-state index in [9.17, 15) is 4.79 Å². The number of pyridine rings is 1. The Morgan fingerprint density at radius 3 is 2.32 bits per heavy atom. The fourth-order valence-electron chi connectivity index (χ4n) is 2.88. The Bertz CT molecular complexity index is 945. The fraction of sp³-hybridized carbons (Fsp3) is 0.250. The first kappa shape index (κ1) is 22.0. The molecule has 0 bridgehead atoms. The number of carbonyl (C=O) groups is 1. The first-order chi connectivity index (χ1) is 15.0. The van der Waals surface area contributed by atoms with Crippen LogP contribution in [0.3, 0.4) is 0 Å². The number of carbonyl (C=O) groups excluding carboxylic acids is 1. The van der Waals surface area contributed by atoms with E-state index >= 15 is 0 Å². The minimum atomic E-state index is -0.811. The number of nitrogens with zero attached hydrogens (tertiary/aromatic N) is 2. The number of aromatic nitrogens is 1. The summed E-state index contributed by atoms with van der Waals surface area (Å²) in [5.41, 5.74) is 3.01. The standard InChI is InChI=1S/C24H27N3O4/c1-27(2)20-10-6-19(7-11-20)16-26-24(28)31-23(30-22-5-4-14-25-17-22)15-18-8-12-21(29-3)13-9-18/h4-14,17,23H,15-16H2,1-3H3,(H,26,28). The van der Waals surface area contributed by atoms with Crippen LogP contribution in [0.1, 0.15) is 11.1 Å². The Labute approximate surface area is 182 Å². The summed E-state index contributed by atoms with van der Waals surface area (Å²) in [6, 6.07) is 19.0. The molecule has 1 amide bonds. The van der Waals surface area contributed by atoms with Gasteiger partial charge in [-0.15, -0.1) is 0 Å². The number of hydrogen-bond donors (Lipinski definition) is 1. The zero-order valence-corrected chi connectivity index (χ0v) is 17.9. The van der Waals surface area contributed by atoms with Crippen molar-refractivity contribution in [1.82, 2.24) is 10.3 Å². The van der Waals surface area contributed by atoms with E-state index in [1.54, 1.807) is 31.6 Å². The summed E-state index contributed by atoms with van der Waals surface area (Å²) in [6.07, 6.45) is 2.24. The van der Waals surface area contributed by atoms with Crippen LogP contribution >= 0.6 is 0 Å². The second kappa shape index (κ2) is 10.9. The van der Waals surface area contributed by atoms with Gasteiger partial charge in [-0.05, 0) is 47.5 Å². The second-order valence-corrected chi connectivity index (χ2v) is 7.11. The molecule has 0 fully saturated rings. The minimum absolute atomic E-state index is 0.356. The number of alkyl carbamates (subject to hydrolysis) is 1. The molecule has 0 saturated carbocycles. The van der Waals surface area contributed by atoms with Crippen LogP contribution in [0.25, 0.3) is 0 Å². The number of amides is 1. The van der Waals surface area contributed by atoms with Crippen molar-refractivity contribution in [2.75, 3.05) is 26.1 Å². The number of methoxy groups -OCH3 is 1. The van der Waals surface area contributed by atoms with Crippen molar-refractivity contribution >= 4 is 11.8 Å². The Morgan fingerprint density at radius 1 is 1.00 bits per heavy atom. The lowest BCUT2D eigenvalue weighted by Gasteiger charge is -2.20. The predicted molar refractivity (Wildman–Crippen MR) is 119 cm³/mol. The van der Waals surface area contributed by atoms with Crippen LogP contribution in [0.5, 0.6) is 11.5 Å². The highest BCUT2D eigenvalue weighted by molar-refractivity contribution is 5.67. The molecule has 2 aromatic carbocycles. The minimum Gasteiger partial charge on any atom is -0.497 e. The van der Waals surface area contributed by atoms with E-state index in [0.29, 0.717) is 18.7 Å². The monoisotopic (exact) mass is 421 g/mol. The topological polar surface area (TPSA) is 72.9 Å². The second-order valence-electron chi connectivity index (χ2n) is 7.11. The van der Waals surface area contributed by atoms with Crippen LogP contribution in [0, 0.1) is 0 Å². The van der Waals surface area contributed by atoms with Gasteiger partial charge in [0.1, 0.15) is 11.5 Å². The van der Waals surface area contributed by atoms with Crippen LogP contribution in [-0.4, -0.2) is 38.6 Å². The molecule has 0 saturated heterocycles. The Kier molecular flexibility index (Phi) is 7.70. The van der Waals surface area contributed by atoms with Gasteiger partial charge in [-0.3, -0.25) is 4.98 Å². The van der Waals surface area contributed by atoms with Gasteiger partial charge >= 0.3 is 6.09 Å². The highest BCUT2D eigenvalue weighted by Gasteiger charge is 2.17. The van der Waals surface area contributed by atoms with Gasteiger partial charge < -0.3 is 24.4 Å². The maximum Gasteiger partial charge on any atom is 0.410 e. The summed E-state index contributed by atoms with van der Waals surface area (Å²) in [6.45, 7) is 0.356. The van der Waals surface area contributed by atoms with Gasteiger partial charge in [-0.25, -0.2) is 4.79 Å². The van der Waals surface area contributed by atoms with E-state index in [0.717, 1.165) is 22.6 Å². The molecule has 0 aliphatic carbocycles. The molecule has 0 aliphatic heterocycles. The number of rotatable bonds is 9. The molecule has 162 valence electrons. The highest BCUT2D eigenvalue weighted by Crippen LogP contribution is 2.17. The van der Waals surface area contributed by atoms with E-state index in [-0.39, 0.29) is 0 Å². The van der Waals surface area contributed by atoms with Crippen LogP contribution in [-0.2, 0) is 17.7 Å². The quantitative estimate of drug-likeness (QED) is 0.526.